The molecule has 1 heteroatoms. The van der Waals surface area contributed by atoms with Crippen molar-refractivity contribution in [3.8, 4) is 0 Å². The number of fused-ring (bicyclic) bond motifs is 1. The summed E-state index contributed by atoms with van der Waals surface area (Å²) >= 11 is 0. The van der Waals surface area contributed by atoms with Gasteiger partial charge in [0.2, 0.25) is 0 Å². The van der Waals surface area contributed by atoms with Gasteiger partial charge in [-0.25, -0.2) is 0 Å². The van der Waals surface area contributed by atoms with Gasteiger partial charge >= 0.3 is 0 Å². The van der Waals surface area contributed by atoms with Crippen LogP contribution in [0, 0.1) is 0 Å². The van der Waals surface area contributed by atoms with Gasteiger partial charge in [0, 0.05) is 12.6 Å². The van der Waals surface area contributed by atoms with Crippen LogP contribution in [0.4, 0.5) is 0 Å². The summed E-state index contributed by atoms with van der Waals surface area (Å²) in [6.07, 6.45) is 1.18. The van der Waals surface area contributed by atoms with Gasteiger partial charge in [-0.1, -0.05) is 52.0 Å². The minimum absolute atomic E-state index is 0.643. The highest BCUT2D eigenvalue weighted by molar-refractivity contribution is 5.29. The third-order valence-electron chi connectivity index (χ3n) is 2.29. The molecule has 0 aliphatic carbocycles. The second-order valence-corrected chi connectivity index (χ2v) is 3.25. The molecular formula is C14H25N. The molecule has 2 rings (SSSR count). The largest absolute Gasteiger partial charge is 0.310 e. The van der Waals surface area contributed by atoms with Gasteiger partial charge in [-0.3, -0.25) is 0 Å². The SMILES string of the molecule is CC.CC.CC1Cc2ccccc2CN1. The molecule has 15 heavy (non-hydrogen) atoms. The summed E-state index contributed by atoms with van der Waals surface area (Å²) in [4.78, 5) is 0. The van der Waals surface area contributed by atoms with Crippen molar-refractivity contribution in [2.75, 3.05) is 0 Å². The summed E-state index contributed by atoms with van der Waals surface area (Å²) < 4.78 is 0. The van der Waals surface area contributed by atoms with Crippen molar-refractivity contribution < 1.29 is 0 Å². The highest BCUT2D eigenvalue weighted by atomic mass is 14.9. The average molecular weight is 207 g/mol. The van der Waals surface area contributed by atoms with Gasteiger partial charge in [0.15, 0.2) is 0 Å². The fourth-order valence-corrected chi connectivity index (χ4v) is 1.62. The van der Waals surface area contributed by atoms with E-state index in [1.807, 2.05) is 27.7 Å². The molecule has 1 aliphatic rings. The van der Waals surface area contributed by atoms with Gasteiger partial charge in [-0.15, -0.1) is 0 Å². The van der Waals surface area contributed by atoms with E-state index in [0.717, 1.165) is 6.54 Å². The van der Waals surface area contributed by atoms with Crippen molar-refractivity contribution in [3.63, 3.8) is 0 Å². The molecule has 0 saturated carbocycles. The summed E-state index contributed by atoms with van der Waals surface area (Å²) in [5.74, 6) is 0. The lowest BCUT2D eigenvalue weighted by Crippen LogP contribution is -2.32. The summed E-state index contributed by atoms with van der Waals surface area (Å²) in [6, 6.07) is 9.30. The monoisotopic (exact) mass is 207 g/mol. The first-order valence-corrected chi connectivity index (χ1v) is 6.16. The molecule has 1 aliphatic heterocycles. The summed E-state index contributed by atoms with van der Waals surface area (Å²) in [6.45, 7) is 11.3. The highest BCUT2D eigenvalue weighted by Crippen LogP contribution is 2.15. The van der Waals surface area contributed by atoms with Gasteiger partial charge in [-0.05, 0) is 24.5 Å². The van der Waals surface area contributed by atoms with Crippen LogP contribution in [0.15, 0.2) is 24.3 Å². The van der Waals surface area contributed by atoms with Crippen molar-refractivity contribution in [2.45, 2.75) is 53.6 Å². The predicted octanol–water partition coefficient (Wildman–Crippen LogP) is 3.77. The van der Waals surface area contributed by atoms with Gasteiger partial charge < -0.3 is 5.32 Å². The Morgan fingerprint density at radius 3 is 2.13 bits per heavy atom. The van der Waals surface area contributed by atoms with Crippen molar-refractivity contribution in [2.24, 2.45) is 0 Å². The zero-order chi connectivity index (χ0) is 11.7. The molecule has 1 heterocycles. The van der Waals surface area contributed by atoms with E-state index in [-0.39, 0.29) is 0 Å². The molecule has 1 aromatic rings. The molecule has 1 atom stereocenters. The molecule has 0 fully saturated rings. The van der Waals surface area contributed by atoms with E-state index in [2.05, 4.69) is 36.5 Å². The normalized spacial score (nSPS) is 17.5. The number of nitrogens with one attached hydrogen (secondary N) is 1. The maximum atomic E-state index is 3.44. The number of benzene rings is 1. The van der Waals surface area contributed by atoms with E-state index >= 15 is 0 Å². The van der Waals surface area contributed by atoms with Gasteiger partial charge in [0.05, 0.1) is 0 Å². The molecule has 0 amide bonds. The third kappa shape index (κ3) is 4.48. The van der Waals surface area contributed by atoms with Crippen LogP contribution in [0.25, 0.3) is 0 Å². The quantitative estimate of drug-likeness (QED) is 0.683. The first-order valence-electron chi connectivity index (χ1n) is 6.16. The lowest BCUT2D eigenvalue weighted by Gasteiger charge is -2.22. The van der Waals surface area contributed by atoms with E-state index in [4.69, 9.17) is 0 Å². The van der Waals surface area contributed by atoms with Crippen LogP contribution in [0.5, 0.6) is 0 Å². The van der Waals surface area contributed by atoms with Crippen LogP contribution in [-0.4, -0.2) is 6.04 Å². The van der Waals surface area contributed by atoms with E-state index in [9.17, 15) is 0 Å². The van der Waals surface area contributed by atoms with Crippen molar-refractivity contribution >= 4 is 0 Å². The smallest absolute Gasteiger partial charge is 0.0210 e. The van der Waals surface area contributed by atoms with Gasteiger partial charge in [0.1, 0.15) is 0 Å². The summed E-state index contributed by atoms with van der Waals surface area (Å²) in [7, 11) is 0. The van der Waals surface area contributed by atoms with Crippen LogP contribution in [0.1, 0.15) is 45.7 Å². The van der Waals surface area contributed by atoms with Crippen LogP contribution in [0.2, 0.25) is 0 Å². The Kier molecular flexibility index (Phi) is 8.02. The van der Waals surface area contributed by atoms with Crippen LogP contribution >= 0.6 is 0 Å². The highest BCUT2D eigenvalue weighted by Gasteiger charge is 2.12. The fraction of sp³-hybridized carbons (Fsp3) is 0.571. The zero-order valence-corrected chi connectivity index (χ0v) is 10.8. The van der Waals surface area contributed by atoms with Gasteiger partial charge in [-0.2, -0.15) is 0 Å². The van der Waals surface area contributed by atoms with Crippen LogP contribution in [-0.2, 0) is 13.0 Å². The van der Waals surface area contributed by atoms with E-state index in [1.54, 1.807) is 0 Å². The minimum atomic E-state index is 0.643. The molecule has 0 spiro atoms. The van der Waals surface area contributed by atoms with E-state index < -0.39 is 0 Å². The average Bonchev–Trinajstić information content (AvgIpc) is 2.34. The van der Waals surface area contributed by atoms with Crippen LogP contribution < -0.4 is 5.32 Å². The zero-order valence-electron chi connectivity index (χ0n) is 10.8. The Morgan fingerprint density at radius 2 is 1.53 bits per heavy atom. The first kappa shape index (κ1) is 14.2. The Labute approximate surface area is 94.9 Å². The van der Waals surface area contributed by atoms with Gasteiger partial charge in [0.25, 0.3) is 0 Å². The molecule has 0 saturated heterocycles. The number of hydrogen-bond acceptors (Lipinski definition) is 1. The van der Waals surface area contributed by atoms with Crippen molar-refractivity contribution in [1.29, 1.82) is 0 Å². The minimum Gasteiger partial charge on any atom is -0.310 e. The first-order chi connectivity index (χ1) is 7.36. The summed E-state index contributed by atoms with van der Waals surface area (Å²) in [5, 5.41) is 3.44. The Balaban J connectivity index is 0.000000442. The Morgan fingerprint density at radius 1 is 1.00 bits per heavy atom. The Bertz CT molecular complexity index is 255. The third-order valence-corrected chi connectivity index (χ3v) is 2.29. The van der Waals surface area contributed by atoms with Crippen molar-refractivity contribution in [1.82, 2.24) is 5.32 Å². The predicted molar refractivity (Wildman–Crippen MR) is 69.1 cm³/mol. The molecule has 1 unspecified atom stereocenters. The fourth-order valence-electron chi connectivity index (χ4n) is 1.62. The molecule has 0 aromatic heterocycles. The number of rotatable bonds is 0. The second kappa shape index (κ2) is 8.49. The lowest BCUT2D eigenvalue weighted by atomic mass is 9.97. The maximum absolute atomic E-state index is 3.44. The molecule has 0 radical (unpaired) electrons. The van der Waals surface area contributed by atoms with E-state index in [0.29, 0.717) is 6.04 Å². The maximum Gasteiger partial charge on any atom is 0.0210 e. The van der Waals surface area contributed by atoms with E-state index in [1.165, 1.54) is 17.5 Å². The molecule has 86 valence electrons. The summed E-state index contributed by atoms with van der Waals surface area (Å²) in [5.41, 5.74) is 2.98. The Hall–Kier alpha value is -0.820. The molecular weight excluding hydrogens is 182 g/mol. The molecule has 1 nitrogen and oxygen atoms in total. The molecule has 0 bridgehead atoms. The standard InChI is InChI=1S/C10H13N.2C2H6/c1-8-6-9-4-2-3-5-10(9)7-11-8;2*1-2/h2-5,8,11H,6-7H2,1H3;2*1-2H3. The topological polar surface area (TPSA) is 12.0 Å². The molecule has 1 N–H and O–H groups in total. The van der Waals surface area contributed by atoms with Crippen molar-refractivity contribution in [3.05, 3.63) is 35.4 Å². The lowest BCUT2D eigenvalue weighted by molar-refractivity contribution is 0.513. The number of hydrogen-bond donors (Lipinski definition) is 1. The van der Waals surface area contributed by atoms with Crippen LogP contribution in [0.3, 0.4) is 0 Å². The molecule has 1 aromatic carbocycles. The second-order valence-electron chi connectivity index (χ2n) is 3.25.